The maximum atomic E-state index is 13.5. The van der Waals surface area contributed by atoms with Crippen LogP contribution in [0.1, 0.15) is 76.1 Å². The molecule has 14 nitrogen and oxygen atoms in total. The number of likely N-dealkylation sites (N-methyl/N-ethyl adjacent to an activating group) is 1. The normalized spacial score (nSPS) is 18.2. The summed E-state index contributed by atoms with van der Waals surface area (Å²) in [6, 6.07) is 14.5. The van der Waals surface area contributed by atoms with Crippen molar-refractivity contribution in [3.63, 3.8) is 0 Å². The number of ether oxygens (including phenoxy) is 1. The summed E-state index contributed by atoms with van der Waals surface area (Å²) >= 11 is 0. The third-order valence-electron chi connectivity index (χ3n) is 10.1. The zero-order chi connectivity index (χ0) is 36.9. The summed E-state index contributed by atoms with van der Waals surface area (Å²) in [4.78, 5) is 70.6. The fourth-order valence-electron chi connectivity index (χ4n) is 7.25. The number of aromatic nitrogens is 4. The van der Waals surface area contributed by atoms with Gasteiger partial charge in [-0.1, -0.05) is 61.9 Å². The fourth-order valence-corrected chi connectivity index (χ4v) is 7.25. The topological polar surface area (TPSA) is 177 Å². The third kappa shape index (κ3) is 7.51. The highest BCUT2D eigenvalue weighted by atomic mass is 16.5. The number of hydrogen-bond acceptors (Lipinski definition) is 7. The number of alkyl carbamates (subject to hydrolysis) is 1. The quantitative estimate of drug-likeness (QED) is 0.147. The van der Waals surface area contributed by atoms with Crippen molar-refractivity contribution < 1.29 is 29.0 Å². The summed E-state index contributed by atoms with van der Waals surface area (Å²) < 4.78 is 4.64. The predicted molar refractivity (Wildman–Crippen MR) is 194 cm³/mol. The van der Waals surface area contributed by atoms with Gasteiger partial charge >= 0.3 is 12.2 Å². The highest BCUT2D eigenvalue weighted by molar-refractivity contribution is 5.86. The van der Waals surface area contributed by atoms with Crippen LogP contribution in [0.5, 0.6) is 0 Å². The number of benzene rings is 2. The lowest BCUT2D eigenvalue weighted by atomic mass is 10.0. The van der Waals surface area contributed by atoms with Gasteiger partial charge in [-0.05, 0) is 61.3 Å². The van der Waals surface area contributed by atoms with Gasteiger partial charge in [0.25, 0.3) is 0 Å². The molecule has 2 aromatic carbocycles. The van der Waals surface area contributed by atoms with E-state index in [1.54, 1.807) is 29.1 Å². The van der Waals surface area contributed by atoms with E-state index in [-0.39, 0.29) is 23.9 Å². The lowest BCUT2D eigenvalue weighted by Crippen LogP contribution is -2.48. The second kappa shape index (κ2) is 15.7. The highest BCUT2D eigenvalue weighted by Crippen LogP contribution is 2.35. The van der Waals surface area contributed by atoms with Gasteiger partial charge in [-0.15, -0.1) is 0 Å². The van der Waals surface area contributed by atoms with Crippen LogP contribution in [-0.4, -0.2) is 103 Å². The van der Waals surface area contributed by atoms with Crippen LogP contribution in [-0.2, 0) is 14.3 Å². The van der Waals surface area contributed by atoms with Crippen LogP contribution in [0.4, 0.5) is 9.59 Å². The van der Waals surface area contributed by atoms with Crippen LogP contribution in [0.2, 0.25) is 0 Å². The van der Waals surface area contributed by atoms with E-state index in [1.165, 1.54) is 14.2 Å². The van der Waals surface area contributed by atoms with Crippen LogP contribution in [0.15, 0.2) is 60.9 Å². The minimum absolute atomic E-state index is 0.176. The number of rotatable bonds is 11. The summed E-state index contributed by atoms with van der Waals surface area (Å²) in [5, 5.41) is 12.1. The summed E-state index contributed by atoms with van der Waals surface area (Å²) in [5.74, 6) is 1.06. The number of hydrogen-bond donors (Lipinski definition) is 4. The number of amides is 4. The van der Waals surface area contributed by atoms with E-state index in [1.807, 2.05) is 31.2 Å². The van der Waals surface area contributed by atoms with Gasteiger partial charge < -0.3 is 34.9 Å². The molecule has 0 bridgehead atoms. The van der Waals surface area contributed by atoms with Crippen molar-refractivity contribution in [3.8, 4) is 33.6 Å². The summed E-state index contributed by atoms with van der Waals surface area (Å²) in [6.07, 6.45) is 6.20. The first kappa shape index (κ1) is 36.1. The summed E-state index contributed by atoms with van der Waals surface area (Å²) in [7, 11) is 2.72. The zero-order valence-electron chi connectivity index (χ0n) is 30.0. The van der Waals surface area contributed by atoms with Crippen molar-refractivity contribution in [1.82, 2.24) is 40.0 Å². The van der Waals surface area contributed by atoms with E-state index in [0.29, 0.717) is 37.6 Å². The molecule has 4 N–H and O–H groups in total. The van der Waals surface area contributed by atoms with Crippen molar-refractivity contribution in [2.75, 3.05) is 27.2 Å². The molecule has 4 amide bonds. The van der Waals surface area contributed by atoms with E-state index in [9.17, 15) is 24.3 Å². The Morgan fingerprint density at radius 2 is 1.31 bits per heavy atom. The monoisotopic (exact) mass is 710 g/mol. The summed E-state index contributed by atoms with van der Waals surface area (Å²) in [5.41, 5.74) is 5.72. The molecular formula is C38H46N8O6. The Balaban J connectivity index is 1.10. The van der Waals surface area contributed by atoms with Gasteiger partial charge in [0.05, 0.1) is 43.0 Å². The SMILES string of the molecule is CCC[C@@H](C(=O)N1CCC[C@H]1c1ncc(-c2ccc(-c3ccc(-c4cnc(C5CCCN5C(=O)[C@H](C)NC(=O)OC)[nH]4)cc3)cc2)[nH]1)N(C)C(=O)O. The first-order chi connectivity index (χ1) is 25.1. The molecule has 52 heavy (non-hydrogen) atoms. The Hall–Kier alpha value is -5.66. The number of likely N-dealkylation sites (tertiary alicyclic amines) is 2. The Morgan fingerprint density at radius 3 is 1.75 bits per heavy atom. The molecule has 0 aliphatic carbocycles. The molecule has 4 atom stereocenters. The number of aromatic amines is 2. The third-order valence-corrected chi connectivity index (χ3v) is 10.1. The van der Waals surface area contributed by atoms with Gasteiger partial charge in [0.1, 0.15) is 23.7 Å². The van der Waals surface area contributed by atoms with E-state index in [2.05, 4.69) is 54.3 Å². The van der Waals surface area contributed by atoms with Gasteiger partial charge in [-0.3, -0.25) is 14.5 Å². The molecule has 0 spiro atoms. The van der Waals surface area contributed by atoms with E-state index < -0.39 is 24.3 Å². The first-order valence-corrected chi connectivity index (χ1v) is 17.8. The maximum absolute atomic E-state index is 13.5. The van der Waals surface area contributed by atoms with Crippen LogP contribution < -0.4 is 5.32 Å². The van der Waals surface area contributed by atoms with Crippen LogP contribution in [0, 0.1) is 0 Å². The van der Waals surface area contributed by atoms with Gasteiger partial charge in [0.2, 0.25) is 11.8 Å². The van der Waals surface area contributed by atoms with Crippen molar-refractivity contribution in [3.05, 3.63) is 72.6 Å². The largest absolute Gasteiger partial charge is 0.465 e. The summed E-state index contributed by atoms with van der Waals surface area (Å²) in [6.45, 7) is 4.76. The van der Waals surface area contributed by atoms with Crippen LogP contribution in [0.3, 0.4) is 0 Å². The average molecular weight is 711 g/mol. The van der Waals surface area contributed by atoms with Crippen molar-refractivity contribution in [1.29, 1.82) is 0 Å². The Bertz CT molecular complexity index is 1890. The van der Waals surface area contributed by atoms with Crippen LogP contribution >= 0.6 is 0 Å². The average Bonchev–Trinajstić information content (AvgIpc) is 3.99. The number of carbonyl (C=O) groups excluding carboxylic acids is 3. The maximum Gasteiger partial charge on any atom is 0.407 e. The number of imidazole rings is 2. The highest BCUT2D eigenvalue weighted by Gasteiger charge is 2.38. The number of H-pyrrole nitrogens is 2. The van der Waals surface area contributed by atoms with Crippen molar-refractivity contribution in [2.24, 2.45) is 0 Å². The van der Waals surface area contributed by atoms with E-state index in [0.717, 1.165) is 64.2 Å². The number of nitrogens with one attached hydrogen (secondary N) is 3. The number of carboxylic acid groups (broad SMARTS) is 1. The molecule has 274 valence electrons. The number of nitrogens with zero attached hydrogens (tertiary/aromatic N) is 5. The molecule has 4 aromatic rings. The second-order valence-corrected chi connectivity index (χ2v) is 13.5. The van der Waals surface area contributed by atoms with Gasteiger partial charge in [-0.2, -0.15) is 0 Å². The molecule has 1 unspecified atom stereocenters. The van der Waals surface area contributed by atoms with E-state index in [4.69, 9.17) is 0 Å². The molecular weight excluding hydrogens is 664 g/mol. The molecule has 4 heterocycles. The Morgan fingerprint density at radius 1 is 0.846 bits per heavy atom. The molecule has 0 saturated carbocycles. The Labute approximate surface area is 302 Å². The lowest BCUT2D eigenvalue weighted by molar-refractivity contribution is -0.137. The lowest BCUT2D eigenvalue weighted by Gasteiger charge is -2.31. The molecule has 2 fully saturated rings. The van der Waals surface area contributed by atoms with Crippen molar-refractivity contribution in [2.45, 2.75) is 76.5 Å². The predicted octanol–water partition coefficient (Wildman–Crippen LogP) is 5.98. The molecule has 2 aromatic heterocycles. The van der Waals surface area contributed by atoms with Crippen LogP contribution in [0.25, 0.3) is 33.6 Å². The molecule has 6 rings (SSSR count). The van der Waals surface area contributed by atoms with Gasteiger partial charge in [-0.25, -0.2) is 19.6 Å². The fraction of sp³-hybridized carbons (Fsp3) is 0.421. The minimum atomic E-state index is -1.11. The van der Waals surface area contributed by atoms with Gasteiger partial charge in [0.15, 0.2) is 0 Å². The van der Waals surface area contributed by atoms with E-state index >= 15 is 0 Å². The minimum Gasteiger partial charge on any atom is -0.465 e. The molecule has 0 radical (unpaired) electrons. The molecule has 14 heteroatoms. The molecule has 2 aliphatic rings. The number of carbonyl (C=O) groups is 4. The molecule has 2 aliphatic heterocycles. The Kier molecular flexibility index (Phi) is 10.9. The number of methoxy groups -OCH3 is 1. The first-order valence-electron chi connectivity index (χ1n) is 17.8. The van der Waals surface area contributed by atoms with Gasteiger partial charge in [0, 0.05) is 20.1 Å². The second-order valence-electron chi connectivity index (χ2n) is 13.5. The smallest absolute Gasteiger partial charge is 0.407 e. The van der Waals surface area contributed by atoms with Crippen molar-refractivity contribution >= 4 is 24.0 Å². The zero-order valence-corrected chi connectivity index (χ0v) is 30.0. The standard InChI is InChI=1S/C38H46N8O6/c1-5-8-32(44(3)38(50)51)36(48)46-20-7-10-31(46)34-40-22-29(43-34)27-17-13-25(14-18-27)24-11-15-26(16-12-24)28-21-39-33(42-28)30-9-6-19-45(30)35(47)23(2)41-37(49)52-4/h11-18,21-23,30-32H,5-10,19-20H2,1-4H3,(H,39,42)(H,40,43)(H,41,49)(H,50,51)/t23-,30?,31-,32-/m0/s1. The molecule has 2 saturated heterocycles.